The fourth-order valence-corrected chi connectivity index (χ4v) is 3.31. The average Bonchev–Trinajstić information content (AvgIpc) is 2.65. The summed E-state index contributed by atoms with van der Waals surface area (Å²) in [7, 11) is -0.903. The zero-order valence-corrected chi connectivity index (χ0v) is 13.0. The third kappa shape index (κ3) is 5.23. The first-order valence-corrected chi connectivity index (χ1v) is 8.84. The van der Waals surface area contributed by atoms with Crippen LogP contribution in [0.1, 0.15) is 51.9 Å². The summed E-state index contributed by atoms with van der Waals surface area (Å²) in [5, 5.41) is 12.2. The number of rotatable bonds is 7. The van der Waals surface area contributed by atoms with Crippen LogP contribution in [-0.2, 0) is 20.4 Å². The van der Waals surface area contributed by atoms with Crippen molar-refractivity contribution in [3.05, 3.63) is 0 Å². The van der Waals surface area contributed by atoms with Crippen LogP contribution in [0.5, 0.6) is 0 Å². The van der Waals surface area contributed by atoms with Gasteiger partial charge in [0.15, 0.2) is 0 Å². The van der Waals surface area contributed by atoms with Crippen LogP contribution in [0.2, 0.25) is 0 Å². The fourth-order valence-electron chi connectivity index (χ4n) is 2.69. The molecule has 0 spiro atoms. The van der Waals surface area contributed by atoms with Crippen LogP contribution < -0.4 is 5.32 Å². The largest absolute Gasteiger partial charge is 0.481 e. The second-order valence-corrected chi connectivity index (χ2v) is 7.32. The van der Waals surface area contributed by atoms with Gasteiger partial charge >= 0.3 is 5.97 Å². The molecule has 0 aromatic heterocycles. The van der Waals surface area contributed by atoms with Crippen LogP contribution in [0.15, 0.2) is 0 Å². The van der Waals surface area contributed by atoms with Crippen molar-refractivity contribution in [2.45, 2.75) is 51.9 Å². The number of hydrogen-bond donors (Lipinski definition) is 2. The summed E-state index contributed by atoms with van der Waals surface area (Å²) in [6, 6.07) is 0. The van der Waals surface area contributed by atoms with Crippen molar-refractivity contribution in [2.24, 2.45) is 5.41 Å². The van der Waals surface area contributed by atoms with Crippen molar-refractivity contribution in [1.29, 1.82) is 0 Å². The van der Waals surface area contributed by atoms with E-state index >= 15 is 0 Å². The second kappa shape index (κ2) is 8.39. The smallest absolute Gasteiger partial charge is 0.310 e. The van der Waals surface area contributed by atoms with Gasteiger partial charge in [-0.15, -0.1) is 0 Å². The molecule has 5 nitrogen and oxygen atoms in total. The Balaban J connectivity index is 2.50. The van der Waals surface area contributed by atoms with E-state index in [1.54, 1.807) is 0 Å². The number of amides is 1. The molecule has 0 saturated heterocycles. The maximum absolute atomic E-state index is 11.9. The van der Waals surface area contributed by atoms with Gasteiger partial charge < -0.3 is 10.4 Å². The molecule has 1 aliphatic carbocycles. The SMILES string of the molecule is CCS(=O)CCNC(=O)CC1(C(=O)O)CCCCCC1. The quantitative estimate of drug-likeness (QED) is 0.701. The number of carboxylic acids is 1. The van der Waals surface area contributed by atoms with Gasteiger partial charge in [-0.25, -0.2) is 0 Å². The van der Waals surface area contributed by atoms with E-state index in [0.717, 1.165) is 25.7 Å². The molecule has 1 aliphatic rings. The normalized spacial score (nSPS) is 19.9. The molecule has 20 heavy (non-hydrogen) atoms. The Kier molecular flexibility index (Phi) is 7.19. The molecule has 0 aromatic rings. The van der Waals surface area contributed by atoms with Gasteiger partial charge in [-0.2, -0.15) is 0 Å². The lowest BCUT2D eigenvalue weighted by atomic mass is 9.77. The van der Waals surface area contributed by atoms with Crippen LogP contribution in [0, 0.1) is 5.41 Å². The number of hydrogen-bond acceptors (Lipinski definition) is 3. The first kappa shape index (κ1) is 17.1. The van der Waals surface area contributed by atoms with Gasteiger partial charge in [0.2, 0.25) is 5.91 Å². The first-order valence-electron chi connectivity index (χ1n) is 7.35. The van der Waals surface area contributed by atoms with Gasteiger partial charge in [0.25, 0.3) is 0 Å². The molecule has 0 radical (unpaired) electrons. The Labute approximate surface area is 123 Å². The van der Waals surface area contributed by atoms with Crippen LogP contribution in [0.25, 0.3) is 0 Å². The Bertz CT molecular complexity index is 362. The lowest BCUT2D eigenvalue weighted by Crippen LogP contribution is -2.38. The topological polar surface area (TPSA) is 83.5 Å². The average molecular weight is 303 g/mol. The number of carbonyl (C=O) groups excluding carboxylic acids is 1. The number of nitrogens with one attached hydrogen (secondary N) is 1. The maximum Gasteiger partial charge on any atom is 0.310 e. The highest BCUT2D eigenvalue weighted by Crippen LogP contribution is 2.38. The summed E-state index contributed by atoms with van der Waals surface area (Å²) in [4.78, 5) is 23.5. The van der Waals surface area contributed by atoms with Crippen LogP contribution in [0.3, 0.4) is 0 Å². The molecule has 1 amide bonds. The predicted molar refractivity (Wildman–Crippen MR) is 78.9 cm³/mol. The van der Waals surface area contributed by atoms with E-state index in [0.29, 0.717) is 30.9 Å². The second-order valence-electron chi connectivity index (χ2n) is 5.46. The maximum atomic E-state index is 11.9. The minimum Gasteiger partial charge on any atom is -0.481 e. The van der Waals surface area contributed by atoms with E-state index in [4.69, 9.17) is 0 Å². The van der Waals surface area contributed by atoms with Crippen LogP contribution in [-0.4, -0.2) is 39.2 Å². The molecule has 0 bridgehead atoms. The molecule has 0 aromatic carbocycles. The van der Waals surface area contributed by atoms with E-state index in [-0.39, 0.29) is 12.3 Å². The van der Waals surface area contributed by atoms with Crippen molar-refractivity contribution in [3.63, 3.8) is 0 Å². The fraction of sp³-hybridized carbons (Fsp3) is 0.857. The monoisotopic (exact) mass is 303 g/mol. The molecule has 0 heterocycles. The van der Waals surface area contributed by atoms with Crippen molar-refractivity contribution >= 4 is 22.7 Å². The molecule has 1 fully saturated rings. The molecular formula is C14H25NO4S. The predicted octanol–water partition coefficient (Wildman–Crippen LogP) is 1.69. The summed E-state index contributed by atoms with van der Waals surface area (Å²) in [6.45, 7) is 2.19. The van der Waals surface area contributed by atoms with Gasteiger partial charge in [0, 0.05) is 35.3 Å². The summed E-state index contributed by atoms with van der Waals surface area (Å²) >= 11 is 0. The standard InChI is InChI=1S/C14H25NO4S/c1-2-20(19)10-9-15-12(16)11-14(13(17)18)7-5-3-4-6-8-14/h2-11H2,1H3,(H,15,16)(H,17,18). The minimum absolute atomic E-state index is 0.0428. The van der Waals surface area contributed by atoms with E-state index in [2.05, 4.69) is 5.32 Å². The van der Waals surface area contributed by atoms with E-state index in [1.165, 1.54) is 0 Å². The highest BCUT2D eigenvalue weighted by atomic mass is 32.2. The molecular weight excluding hydrogens is 278 g/mol. The van der Waals surface area contributed by atoms with Crippen molar-refractivity contribution in [2.75, 3.05) is 18.1 Å². The Morgan fingerprint density at radius 1 is 1.20 bits per heavy atom. The van der Waals surface area contributed by atoms with Gasteiger partial charge in [0.05, 0.1) is 5.41 Å². The van der Waals surface area contributed by atoms with Crippen LogP contribution >= 0.6 is 0 Å². The third-order valence-corrected chi connectivity index (χ3v) is 5.29. The van der Waals surface area contributed by atoms with E-state index < -0.39 is 22.2 Å². The number of aliphatic carboxylic acids is 1. The first-order chi connectivity index (χ1) is 9.50. The lowest BCUT2D eigenvalue weighted by molar-refractivity contribution is -0.152. The van der Waals surface area contributed by atoms with Gasteiger partial charge in [-0.05, 0) is 12.8 Å². The minimum atomic E-state index is -0.903. The number of carboxylic acid groups (broad SMARTS) is 1. The molecule has 6 heteroatoms. The van der Waals surface area contributed by atoms with Crippen molar-refractivity contribution in [1.82, 2.24) is 5.32 Å². The molecule has 116 valence electrons. The highest BCUT2D eigenvalue weighted by molar-refractivity contribution is 7.84. The molecule has 1 rings (SSSR count). The lowest BCUT2D eigenvalue weighted by Gasteiger charge is -2.27. The summed E-state index contributed by atoms with van der Waals surface area (Å²) < 4.78 is 11.3. The molecule has 1 saturated carbocycles. The summed E-state index contributed by atoms with van der Waals surface area (Å²) in [5.74, 6) is -0.0777. The zero-order chi connectivity index (χ0) is 15.0. The highest BCUT2D eigenvalue weighted by Gasteiger charge is 2.40. The van der Waals surface area contributed by atoms with E-state index in [1.807, 2.05) is 6.92 Å². The van der Waals surface area contributed by atoms with Crippen molar-refractivity contribution < 1.29 is 18.9 Å². The zero-order valence-electron chi connectivity index (χ0n) is 12.2. The van der Waals surface area contributed by atoms with Crippen LogP contribution in [0.4, 0.5) is 0 Å². The van der Waals surface area contributed by atoms with Gasteiger partial charge in [-0.3, -0.25) is 13.8 Å². The molecule has 2 N–H and O–H groups in total. The molecule has 0 aliphatic heterocycles. The van der Waals surface area contributed by atoms with Gasteiger partial charge in [-0.1, -0.05) is 32.6 Å². The Morgan fingerprint density at radius 2 is 1.80 bits per heavy atom. The van der Waals surface area contributed by atoms with Gasteiger partial charge in [0.1, 0.15) is 0 Å². The summed E-state index contributed by atoms with van der Waals surface area (Å²) in [5.41, 5.74) is -0.898. The van der Waals surface area contributed by atoms with Crippen molar-refractivity contribution in [3.8, 4) is 0 Å². The third-order valence-electron chi connectivity index (χ3n) is 3.99. The van der Waals surface area contributed by atoms with E-state index in [9.17, 15) is 18.9 Å². The number of carbonyl (C=O) groups is 2. The summed E-state index contributed by atoms with van der Waals surface area (Å²) in [6.07, 6.45) is 5.05. The Hall–Kier alpha value is -0.910. The Morgan fingerprint density at radius 3 is 2.30 bits per heavy atom. The molecule has 1 unspecified atom stereocenters. The molecule has 1 atom stereocenters.